The molecule has 1 N–H and O–H groups in total. The molecule has 3 heterocycles. The van der Waals surface area contributed by atoms with Crippen molar-refractivity contribution in [3.05, 3.63) is 51.3 Å². The van der Waals surface area contributed by atoms with E-state index in [0.29, 0.717) is 32.0 Å². The maximum Gasteiger partial charge on any atom is 0.289 e. The monoisotopic (exact) mass is 408 g/mol. The van der Waals surface area contributed by atoms with Gasteiger partial charge in [-0.25, -0.2) is 13.8 Å². The molecule has 2 aromatic rings. The number of morpholine rings is 1. The van der Waals surface area contributed by atoms with Gasteiger partial charge in [0.15, 0.2) is 17.5 Å². The number of ether oxygens (including phenoxy) is 1. The molecule has 1 saturated heterocycles. The lowest BCUT2D eigenvalue weighted by Gasteiger charge is -2.28. The van der Waals surface area contributed by atoms with Crippen molar-refractivity contribution in [1.29, 1.82) is 0 Å². The van der Waals surface area contributed by atoms with Crippen LogP contribution in [-0.2, 0) is 22.4 Å². The van der Waals surface area contributed by atoms with Gasteiger partial charge in [0.05, 0.1) is 25.3 Å². The minimum Gasteiger partial charge on any atom is -0.378 e. The SMILES string of the molecule is C[C@H]1Cc2c(ccc(F)c2F)N1C(=O)Cc1nc(N2CCOCC2)c(F)c(=O)[nH]1. The molecule has 7 nitrogen and oxygen atoms in total. The number of fused-ring (bicyclic) bond motifs is 1. The molecule has 1 amide bonds. The number of aromatic amines is 1. The first-order chi connectivity index (χ1) is 13.9. The highest BCUT2D eigenvalue weighted by Gasteiger charge is 2.34. The highest BCUT2D eigenvalue weighted by molar-refractivity contribution is 5.97. The van der Waals surface area contributed by atoms with Gasteiger partial charge in [-0.05, 0) is 25.5 Å². The summed E-state index contributed by atoms with van der Waals surface area (Å²) in [4.78, 5) is 34.3. The predicted molar refractivity (Wildman–Crippen MR) is 98.6 cm³/mol. The van der Waals surface area contributed by atoms with Gasteiger partial charge in [0.1, 0.15) is 5.82 Å². The molecule has 2 aliphatic rings. The van der Waals surface area contributed by atoms with Crippen LogP contribution in [0.15, 0.2) is 16.9 Å². The summed E-state index contributed by atoms with van der Waals surface area (Å²) < 4.78 is 47.1. The van der Waals surface area contributed by atoms with Crippen molar-refractivity contribution in [2.75, 3.05) is 36.1 Å². The van der Waals surface area contributed by atoms with Crippen LogP contribution in [0.2, 0.25) is 0 Å². The number of anilines is 2. The average Bonchev–Trinajstić information content (AvgIpc) is 3.05. The highest BCUT2D eigenvalue weighted by Crippen LogP contribution is 2.35. The van der Waals surface area contributed by atoms with Crippen molar-refractivity contribution in [2.45, 2.75) is 25.8 Å². The number of hydrogen-bond acceptors (Lipinski definition) is 5. The number of H-pyrrole nitrogens is 1. The Morgan fingerprint density at radius 2 is 1.97 bits per heavy atom. The number of rotatable bonds is 3. The molecule has 0 bridgehead atoms. The smallest absolute Gasteiger partial charge is 0.289 e. The van der Waals surface area contributed by atoms with Crippen molar-refractivity contribution in [1.82, 2.24) is 9.97 Å². The van der Waals surface area contributed by atoms with Crippen LogP contribution >= 0.6 is 0 Å². The Balaban J connectivity index is 1.62. The molecular weight excluding hydrogens is 389 g/mol. The van der Waals surface area contributed by atoms with Gasteiger partial charge < -0.3 is 19.5 Å². The van der Waals surface area contributed by atoms with E-state index in [1.165, 1.54) is 11.0 Å². The topological polar surface area (TPSA) is 78.5 Å². The average molecular weight is 408 g/mol. The second kappa shape index (κ2) is 7.51. The first-order valence-electron chi connectivity index (χ1n) is 9.27. The van der Waals surface area contributed by atoms with Gasteiger partial charge in [-0.1, -0.05) is 0 Å². The molecular formula is C19H19F3N4O3. The Morgan fingerprint density at radius 1 is 1.24 bits per heavy atom. The van der Waals surface area contributed by atoms with Crippen LogP contribution in [0.1, 0.15) is 18.3 Å². The Morgan fingerprint density at radius 3 is 2.69 bits per heavy atom. The first kappa shape index (κ1) is 19.4. The zero-order chi connectivity index (χ0) is 20.7. The van der Waals surface area contributed by atoms with E-state index in [1.54, 1.807) is 11.8 Å². The Kier molecular flexibility index (Phi) is 5.03. The van der Waals surface area contributed by atoms with E-state index < -0.39 is 28.9 Å². The fourth-order valence-corrected chi connectivity index (χ4v) is 3.80. The molecule has 2 aliphatic heterocycles. The maximum atomic E-state index is 14.3. The lowest BCUT2D eigenvalue weighted by Crippen LogP contribution is -2.40. The van der Waals surface area contributed by atoms with Gasteiger partial charge in [0.2, 0.25) is 11.7 Å². The normalized spacial score (nSPS) is 18.8. The summed E-state index contributed by atoms with van der Waals surface area (Å²) in [6.07, 6.45) is -0.132. The Hall–Kier alpha value is -2.88. The molecule has 0 spiro atoms. The summed E-state index contributed by atoms with van der Waals surface area (Å²) in [5.41, 5.74) is -0.535. The summed E-state index contributed by atoms with van der Waals surface area (Å²) >= 11 is 0. The van der Waals surface area contributed by atoms with Gasteiger partial charge in [-0.15, -0.1) is 0 Å². The van der Waals surface area contributed by atoms with Crippen molar-refractivity contribution < 1.29 is 22.7 Å². The van der Waals surface area contributed by atoms with Crippen molar-refractivity contribution in [3.63, 3.8) is 0 Å². The van der Waals surface area contributed by atoms with Crippen LogP contribution in [0.3, 0.4) is 0 Å². The fraction of sp³-hybridized carbons (Fsp3) is 0.421. The summed E-state index contributed by atoms with van der Waals surface area (Å²) in [5, 5.41) is 0. The number of halogens is 3. The van der Waals surface area contributed by atoms with Crippen LogP contribution in [0.5, 0.6) is 0 Å². The first-order valence-corrected chi connectivity index (χ1v) is 9.27. The zero-order valence-corrected chi connectivity index (χ0v) is 15.7. The number of hydrogen-bond donors (Lipinski definition) is 1. The van der Waals surface area contributed by atoms with Crippen LogP contribution in [-0.4, -0.2) is 48.2 Å². The van der Waals surface area contributed by atoms with Gasteiger partial charge in [-0.3, -0.25) is 9.59 Å². The molecule has 29 heavy (non-hydrogen) atoms. The maximum absolute atomic E-state index is 14.3. The number of amides is 1. The van der Waals surface area contributed by atoms with Crippen molar-refractivity contribution in [2.24, 2.45) is 0 Å². The second-order valence-corrected chi connectivity index (χ2v) is 7.10. The minimum atomic E-state index is -1.01. The van der Waals surface area contributed by atoms with Gasteiger partial charge >= 0.3 is 0 Å². The molecule has 1 aromatic heterocycles. The summed E-state index contributed by atoms with van der Waals surface area (Å²) in [7, 11) is 0. The van der Waals surface area contributed by atoms with Crippen LogP contribution in [0, 0.1) is 17.5 Å². The number of carbonyl (C=O) groups is 1. The Labute approximate surface area is 164 Å². The highest BCUT2D eigenvalue weighted by atomic mass is 19.2. The molecule has 1 fully saturated rings. The van der Waals surface area contributed by atoms with E-state index >= 15 is 0 Å². The summed E-state index contributed by atoms with van der Waals surface area (Å²) in [5.74, 6) is -3.52. The second-order valence-electron chi connectivity index (χ2n) is 7.10. The number of carbonyl (C=O) groups excluding carboxylic acids is 1. The van der Waals surface area contributed by atoms with Crippen LogP contribution < -0.4 is 15.4 Å². The molecule has 0 radical (unpaired) electrons. The largest absolute Gasteiger partial charge is 0.378 e. The van der Waals surface area contributed by atoms with Gasteiger partial charge in [-0.2, -0.15) is 4.39 Å². The lowest BCUT2D eigenvalue weighted by atomic mass is 10.1. The van der Waals surface area contributed by atoms with E-state index in [0.717, 1.165) is 6.07 Å². The molecule has 10 heteroatoms. The van der Waals surface area contributed by atoms with Crippen molar-refractivity contribution in [3.8, 4) is 0 Å². The quantitative estimate of drug-likeness (QED) is 0.834. The number of aromatic nitrogens is 2. The van der Waals surface area contributed by atoms with Crippen LogP contribution in [0.25, 0.3) is 0 Å². The van der Waals surface area contributed by atoms with E-state index in [-0.39, 0.29) is 36.1 Å². The molecule has 0 aliphatic carbocycles. The molecule has 154 valence electrons. The Bertz CT molecular complexity index is 1020. The molecule has 1 atom stereocenters. The molecule has 4 rings (SSSR count). The summed E-state index contributed by atoms with van der Waals surface area (Å²) in [6, 6.07) is 1.94. The van der Waals surface area contributed by atoms with E-state index in [9.17, 15) is 22.8 Å². The molecule has 0 saturated carbocycles. The predicted octanol–water partition coefficient (Wildman–Crippen LogP) is 1.54. The third-order valence-electron chi connectivity index (χ3n) is 5.16. The number of nitrogens with one attached hydrogen (secondary N) is 1. The molecule has 1 aromatic carbocycles. The third-order valence-corrected chi connectivity index (χ3v) is 5.16. The molecule has 0 unspecified atom stereocenters. The van der Waals surface area contributed by atoms with Gasteiger partial charge in [0.25, 0.3) is 5.56 Å². The van der Waals surface area contributed by atoms with E-state index in [4.69, 9.17) is 4.74 Å². The summed E-state index contributed by atoms with van der Waals surface area (Å²) in [6.45, 7) is 3.23. The minimum absolute atomic E-state index is 0.00567. The third kappa shape index (κ3) is 3.48. The van der Waals surface area contributed by atoms with Crippen LogP contribution in [0.4, 0.5) is 24.7 Å². The van der Waals surface area contributed by atoms with E-state index in [1.807, 2.05) is 0 Å². The number of nitrogens with zero attached hydrogens (tertiary/aromatic N) is 3. The zero-order valence-electron chi connectivity index (χ0n) is 15.7. The van der Waals surface area contributed by atoms with Gasteiger partial charge in [0, 0.05) is 24.7 Å². The van der Waals surface area contributed by atoms with Crippen molar-refractivity contribution >= 4 is 17.4 Å². The van der Waals surface area contributed by atoms with E-state index in [2.05, 4.69) is 9.97 Å². The number of benzene rings is 1. The standard InChI is InChI=1S/C19H19F3N4O3/c1-10-8-11-13(3-2-12(20)16(11)21)26(10)15(27)9-14-23-18(17(22)19(28)24-14)25-4-6-29-7-5-25/h2-3,10H,4-9H2,1H3,(H,23,24,28)/t10-/m0/s1. The lowest BCUT2D eigenvalue weighted by molar-refractivity contribution is -0.118. The fourth-order valence-electron chi connectivity index (χ4n) is 3.80.